The van der Waals surface area contributed by atoms with Gasteiger partial charge in [0.05, 0.1) is 0 Å². The molecule has 1 aliphatic heterocycles. The Bertz CT molecular complexity index is 361. The molecule has 0 amide bonds. The monoisotopic (exact) mass is 269 g/mol. The molecule has 3 heteroatoms. The van der Waals surface area contributed by atoms with E-state index >= 15 is 0 Å². The molecule has 1 aromatic rings. The molecule has 1 N–H and O–H groups in total. The molecule has 2 rings (SSSR count). The van der Waals surface area contributed by atoms with Gasteiger partial charge in [-0.1, -0.05) is 24.1 Å². The number of rotatable bonds is 4. The maximum Gasteiger partial charge on any atom is 0.0408 e. The quantitative estimate of drug-likeness (QED) is 0.886. The highest BCUT2D eigenvalue weighted by atomic mass is 35.5. The van der Waals surface area contributed by atoms with Gasteiger partial charge >= 0.3 is 0 Å². The third-order valence-electron chi connectivity index (χ3n) is 3.27. The maximum absolute atomic E-state index is 5.95. The molecule has 0 spiro atoms. The molecule has 0 aliphatic carbocycles. The summed E-state index contributed by atoms with van der Waals surface area (Å²) in [6.07, 6.45) is 4.17. The first-order valence-corrected chi connectivity index (χ1v) is 7.76. The van der Waals surface area contributed by atoms with E-state index in [1.54, 1.807) is 0 Å². The molecule has 94 valence electrons. The van der Waals surface area contributed by atoms with Gasteiger partial charge in [-0.25, -0.2) is 0 Å². The van der Waals surface area contributed by atoms with Crippen molar-refractivity contribution >= 4 is 23.4 Å². The number of thioether (sulfide) groups is 1. The fraction of sp³-hybridized carbons (Fsp3) is 0.571. The van der Waals surface area contributed by atoms with Crippen LogP contribution in [0.4, 0.5) is 0 Å². The molecule has 1 atom stereocenters. The predicted octanol–water partition coefficient (Wildman–Crippen LogP) is 4.02. The Kier molecular flexibility index (Phi) is 5.20. The molecule has 1 aliphatic rings. The summed E-state index contributed by atoms with van der Waals surface area (Å²) in [7, 11) is 0. The third kappa shape index (κ3) is 4.20. The van der Waals surface area contributed by atoms with E-state index in [1.807, 2.05) is 12.1 Å². The molecule has 0 bridgehead atoms. The first kappa shape index (κ1) is 13.3. The molecule has 0 saturated carbocycles. The summed E-state index contributed by atoms with van der Waals surface area (Å²) in [5.41, 5.74) is 2.64. The molecule has 17 heavy (non-hydrogen) atoms. The summed E-state index contributed by atoms with van der Waals surface area (Å²) in [4.78, 5) is 0. The van der Waals surface area contributed by atoms with Gasteiger partial charge in [0.15, 0.2) is 0 Å². The second-order valence-electron chi connectivity index (χ2n) is 4.69. The Morgan fingerprint density at radius 2 is 2.29 bits per heavy atom. The van der Waals surface area contributed by atoms with E-state index in [0.717, 1.165) is 23.4 Å². The largest absolute Gasteiger partial charge is 0.312 e. The number of nitrogens with one attached hydrogen (secondary N) is 1. The Hall–Kier alpha value is -0.180. The zero-order chi connectivity index (χ0) is 12.1. The summed E-state index contributed by atoms with van der Waals surface area (Å²) in [6, 6.07) is 6.13. The third-order valence-corrected chi connectivity index (χ3v) is 4.90. The van der Waals surface area contributed by atoms with Crippen molar-refractivity contribution in [3.05, 3.63) is 34.3 Å². The lowest BCUT2D eigenvalue weighted by molar-refractivity contribution is 0.597. The van der Waals surface area contributed by atoms with Crippen molar-refractivity contribution in [2.45, 2.75) is 38.0 Å². The average molecular weight is 270 g/mol. The number of aryl methyl sites for hydroxylation is 1. The van der Waals surface area contributed by atoms with Crippen molar-refractivity contribution in [2.24, 2.45) is 0 Å². The van der Waals surface area contributed by atoms with Gasteiger partial charge in [0.25, 0.3) is 0 Å². The first-order valence-electron chi connectivity index (χ1n) is 6.33. The molecule has 1 heterocycles. The number of halogens is 1. The second kappa shape index (κ2) is 6.67. The Morgan fingerprint density at radius 1 is 1.41 bits per heavy atom. The van der Waals surface area contributed by atoms with E-state index in [0.29, 0.717) is 0 Å². The SMILES string of the molecule is Cc1cc(Cl)ccc1CNCC1CCCCS1. The minimum Gasteiger partial charge on any atom is -0.312 e. The zero-order valence-corrected chi connectivity index (χ0v) is 11.9. The van der Waals surface area contributed by atoms with Crippen LogP contribution >= 0.6 is 23.4 Å². The molecule has 1 unspecified atom stereocenters. The van der Waals surface area contributed by atoms with Crippen LogP contribution in [-0.4, -0.2) is 17.5 Å². The molecule has 0 radical (unpaired) electrons. The van der Waals surface area contributed by atoms with Gasteiger partial charge in [-0.05, 0) is 48.8 Å². The fourth-order valence-corrected chi connectivity index (χ4v) is 3.69. The van der Waals surface area contributed by atoms with Crippen molar-refractivity contribution < 1.29 is 0 Å². The summed E-state index contributed by atoms with van der Waals surface area (Å²) in [6.45, 7) is 4.21. The van der Waals surface area contributed by atoms with Gasteiger partial charge in [0.2, 0.25) is 0 Å². The van der Waals surface area contributed by atoms with E-state index in [1.165, 1.54) is 36.1 Å². The average Bonchev–Trinajstić information content (AvgIpc) is 2.33. The molecule has 1 saturated heterocycles. The van der Waals surface area contributed by atoms with E-state index in [9.17, 15) is 0 Å². The van der Waals surface area contributed by atoms with Crippen LogP contribution in [0.5, 0.6) is 0 Å². The van der Waals surface area contributed by atoms with Crippen molar-refractivity contribution in [3.63, 3.8) is 0 Å². The van der Waals surface area contributed by atoms with Crippen molar-refractivity contribution in [2.75, 3.05) is 12.3 Å². The molecule has 1 aromatic carbocycles. The van der Waals surface area contributed by atoms with Crippen LogP contribution in [0.2, 0.25) is 5.02 Å². The predicted molar refractivity (Wildman–Crippen MR) is 78.0 cm³/mol. The molecule has 0 aromatic heterocycles. The number of benzene rings is 1. The van der Waals surface area contributed by atoms with Gasteiger partial charge in [-0.15, -0.1) is 0 Å². The van der Waals surface area contributed by atoms with E-state index in [2.05, 4.69) is 30.1 Å². The van der Waals surface area contributed by atoms with Crippen LogP contribution in [0.1, 0.15) is 30.4 Å². The molecular weight excluding hydrogens is 250 g/mol. The summed E-state index contributed by atoms with van der Waals surface area (Å²) < 4.78 is 0. The van der Waals surface area contributed by atoms with Crippen LogP contribution in [0.3, 0.4) is 0 Å². The lowest BCUT2D eigenvalue weighted by Crippen LogP contribution is -2.26. The number of hydrogen-bond acceptors (Lipinski definition) is 2. The second-order valence-corrected chi connectivity index (χ2v) is 6.53. The van der Waals surface area contributed by atoms with Crippen LogP contribution < -0.4 is 5.32 Å². The fourth-order valence-electron chi connectivity index (χ4n) is 2.19. The van der Waals surface area contributed by atoms with E-state index < -0.39 is 0 Å². The zero-order valence-electron chi connectivity index (χ0n) is 10.3. The van der Waals surface area contributed by atoms with Crippen LogP contribution in [0.25, 0.3) is 0 Å². The van der Waals surface area contributed by atoms with E-state index in [4.69, 9.17) is 11.6 Å². The van der Waals surface area contributed by atoms with Gasteiger partial charge < -0.3 is 5.32 Å². The Labute approximate surface area is 113 Å². The van der Waals surface area contributed by atoms with Crippen LogP contribution in [0.15, 0.2) is 18.2 Å². The van der Waals surface area contributed by atoms with Gasteiger partial charge in [-0.2, -0.15) is 11.8 Å². The maximum atomic E-state index is 5.95. The Balaban J connectivity index is 1.77. The van der Waals surface area contributed by atoms with Crippen molar-refractivity contribution in [3.8, 4) is 0 Å². The number of hydrogen-bond donors (Lipinski definition) is 1. The normalized spacial score (nSPS) is 20.5. The molecule has 1 fully saturated rings. The van der Waals surface area contributed by atoms with Gasteiger partial charge in [0.1, 0.15) is 0 Å². The highest BCUT2D eigenvalue weighted by Gasteiger charge is 2.13. The standard InChI is InChI=1S/C14H20ClNS/c1-11-8-13(15)6-5-12(11)9-16-10-14-4-2-3-7-17-14/h5-6,8,14,16H,2-4,7,9-10H2,1H3. The smallest absolute Gasteiger partial charge is 0.0408 e. The Morgan fingerprint density at radius 3 is 3.00 bits per heavy atom. The van der Waals surface area contributed by atoms with Crippen molar-refractivity contribution in [1.82, 2.24) is 5.32 Å². The summed E-state index contributed by atoms with van der Waals surface area (Å²) in [5, 5.41) is 5.21. The lowest BCUT2D eigenvalue weighted by Gasteiger charge is -2.21. The minimum atomic E-state index is 0.816. The first-order chi connectivity index (χ1) is 8.25. The highest BCUT2D eigenvalue weighted by molar-refractivity contribution is 7.99. The summed E-state index contributed by atoms with van der Waals surface area (Å²) >= 11 is 8.07. The lowest BCUT2D eigenvalue weighted by atomic mass is 10.1. The minimum absolute atomic E-state index is 0.816. The van der Waals surface area contributed by atoms with Gasteiger partial charge in [-0.3, -0.25) is 0 Å². The molecular formula is C14H20ClNS. The highest BCUT2D eigenvalue weighted by Crippen LogP contribution is 2.24. The summed E-state index contributed by atoms with van der Waals surface area (Å²) in [5.74, 6) is 1.34. The molecule has 1 nitrogen and oxygen atoms in total. The topological polar surface area (TPSA) is 12.0 Å². The van der Waals surface area contributed by atoms with Gasteiger partial charge in [0, 0.05) is 23.4 Å². The van der Waals surface area contributed by atoms with Crippen LogP contribution in [0, 0.1) is 6.92 Å². The van der Waals surface area contributed by atoms with Crippen molar-refractivity contribution in [1.29, 1.82) is 0 Å². The van der Waals surface area contributed by atoms with E-state index in [-0.39, 0.29) is 0 Å². The van der Waals surface area contributed by atoms with Crippen LogP contribution in [-0.2, 0) is 6.54 Å².